The first-order valence-corrected chi connectivity index (χ1v) is 7.41. The fraction of sp³-hybridized carbons (Fsp3) is 1.00. The summed E-state index contributed by atoms with van der Waals surface area (Å²) in [7, 11) is -2.99. The van der Waals surface area contributed by atoms with Crippen molar-refractivity contribution < 1.29 is 8.42 Å². The highest BCUT2D eigenvalue weighted by Gasteiger charge is 2.31. The van der Waals surface area contributed by atoms with Crippen molar-refractivity contribution >= 4 is 22.4 Å². The number of nitrogens with zero attached hydrogens (tertiary/aromatic N) is 1. The fourth-order valence-corrected chi connectivity index (χ4v) is 3.93. The van der Waals surface area contributed by atoms with E-state index in [1.807, 2.05) is 6.92 Å². The lowest BCUT2D eigenvalue weighted by molar-refractivity contribution is 0.283. The van der Waals surface area contributed by atoms with Crippen LogP contribution in [0.2, 0.25) is 0 Å². The van der Waals surface area contributed by atoms with E-state index in [9.17, 15) is 8.42 Å². The third-order valence-electron chi connectivity index (χ3n) is 3.28. The molecule has 1 saturated heterocycles. The third-order valence-corrected chi connectivity index (χ3v) is 5.29. The van der Waals surface area contributed by atoms with Crippen molar-refractivity contribution in [3.63, 3.8) is 0 Å². The van der Waals surface area contributed by atoms with Gasteiger partial charge in [0.1, 0.15) is 0 Å². The Labute approximate surface area is 104 Å². The Bertz CT molecular complexity index is 317. The zero-order chi connectivity index (χ0) is 10.9. The van der Waals surface area contributed by atoms with Crippen molar-refractivity contribution in [2.24, 2.45) is 5.92 Å². The standard InChI is InChI=1S/C10H20N2O2S.ClH/c1-9-8-11-5-6-12(9)15(13,14)7-4-10-2-3-10;/h9-11H,2-8H2,1H3;1H. The monoisotopic (exact) mass is 268 g/mol. The summed E-state index contributed by atoms with van der Waals surface area (Å²) in [5.74, 6) is 1.04. The molecule has 0 aromatic rings. The van der Waals surface area contributed by atoms with Crippen LogP contribution in [0.1, 0.15) is 26.2 Å². The normalized spacial score (nSPS) is 27.4. The third kappa shape index (κ3) is 3.58. The molecule has 2 aliphatic rings. The molecule has 1 heterocycles. The van der Waals surface area contributed by atoms with Crippen molar-refractivity contribution in [2.75, 3.05) is 25.4 Å². The van der Waals surface area contributed by atoms with Gasteiger partial charge in [-0.25, -0.2) is 8.42 Å². The summed E-state index contributed by atoms with van der Waals surface area (Å²) in [4.78, 5) is 0. The van der Waals surface area contributed by atoms with Gasteiger partial charge in [0, 0.05) is 25.7 Å². The van der Waals surface area contributed by atoms with Gasteiger partial charge < -0.3 is 5.32 Å². The van der Waals surface area contributed by atoms with Crippen molar-refractivity contribution in [2.45, 2.75) is 32.2 Å². The quantitative estimate of drug-likeness (QED) is 0.822. The van der Waals surface area contributed by atoms with Crippen LogP contribution in [0.4, 0.5) is 0 Å². The largest absolute Gasteiger partial charge is 0.314 e. The van der Waals surface area contributed by atoms with Crippen molar-refractivity contribution in [3.05, 3.63) is 0 Å². The zero-order valence-corrected chi connectivity index (χ0v) is 11.3. The van der Waals surface area contributed by atoms with Crippen molar-refractivity contribution in [1.29, 1.82) is 0 Å². The first-order valence-electron chi connectivity index (χ1n) is 5.80. The summed E-state index contributed by atoms with van der Waals surface area (Å²) in [5, 5.41) is 3.21. The van der Waals surface area contributed by atoms with Crippen molar-refractivity contribution in [1.82, 2.24) is 9.62 Å². The topological polar surface area (TPSA) is 49.4 Å². The summed E-state index contributed by atoms with van der Waals surface area (Å²) in [6.07, 6.45) is 3.32. The lowest BCUT2D eigenvalue weighted by atomic mass is 10.3. The minimum atomic E-state index is -2.99. The van der Waals surface area contributed by atoms with Crippen LogP contribution < -0.4 is 5.32 Å². The molecule has 0 bridgehead atoms. The van der Waals surface area contributed by atoms with E-state index in [4.69, 9.17) is 0 Å². The van der Waals surface area contributed by atoms with Crippen molar-refractivity contribution in [3.8, 4) is 0 Å². The van der Waals surface area contributed by atoms with E-state index in [0.717, 1.165) is 19.5 Å². The van der Waals surface area contributed by atoms with E-state index >= 15 is 0 Å². The predicted octanol–water partition coefficient (Wildman–Crippen LogP) is 0.832. The highest BCUT2D eigenvalue weighted by atomic mass is 35.5. The van der Waals surface area contributed by atoms with Gasteiger partial charge in [-0.1, -0.05) is 12.8 Å². The van der Waals surface area contributed by atoms with Gasteiger partial charge in [-0.2, -0.15) is 4.31 Å². The molecule has 0 aromatic carbocycles. The lowest BCUT2D eigenvalue weighted by Gasteiger charge is -2.32. The number of halogens is 1. The van der Waals surface area contributed by atoms with E-state index in [1.54, 1.807) is 4.31 Å². The number of hydrogen-bond acceptors (Lipinski definition) is 3. The number of piperazine rings is 1. The van der Waals surface area contributed by atoms with Gasteiger partial charge in [-0.15, -0.1) is 12.4 Å². The number of sulfonamides is 1. The molecule has 1 N–H and O–H groups in total. The smallest absolute Gasteiger partial charge is 0.214 e. The average molecular weight is 269 g/mol. The maximum atomic E-state index is 12.0. The lowest BCUT2D eigenvalue weighted by Crippen LogP contribution is -2.52. The van der Waals surface area contributed by atoms with Gasteiger partial charge in [-0.3, -0.25) is 0 Å². The Kier molecular flexibility index (Phi) is 5.04. The number of hydrogen-bond donors (Lipinski definition) is 1. The van der Waals surface area contributed by atoms with Gasteiger partial charge in [0.2, 0.25) is 10.0 Å². The van der Waals surface area contributed by atoms with Crippen LogP contribution in [0.15, 0.2) is 0 Å². The van der Waals surface area contributed by atoms with E-state index < -0.39 is 10.0 Å². The molecule has 6 heteroatoms. The second-order valence-corrected chi connectivity index (χ2v) is 6.75. The second kappa shape index (κ2) is 5.67. The molecule has 1 atom stereocenters. The summed E-state index contributed by atoms with van der Waals surface area (Å²) in [5.41, 5.74) is 0. The molecule has 1 saturated carbocycles. The van der Waals surface area contributed by atoms with E-state index in [0.29, 0.717) is 18.2 Å². The van der Waals surface area contributed by atoms with Crippen LogP contribution in [0.3, 0.4) is 0 Å². The number of rotatable bonds is 4. The van der Waals surface area contributed by atoms with Gasteiger partial charge in [-0.05, 0) is 19.3 Å². The van der Waals surface area contributed by atoms with Crippen LogP contribution in [0.25, 0.3) is 0 Å². The highest BCUT2D eigenvalue weighted by molar-refractivity contribution is 7.89. The van der Waals surface area contributed by atoms with Crippen LogP contribution in [0, 0.1) is 5.92 Å². The first kappa shape index (κ1) is 14.2. The van der Waals surface area contributed by atoms with Gasteiger partial charge in [0.25, 0.3) is 0 Å². The number of nitrogens with one attached hydrogen (secondary N) is 1. The highest BCUT2D eigenvalue weighted by Crippen LogP contribution is 2.33. The Balaban J connectivity index is 0.00000128. The molecule has 1 aliphatic heterocycles. The molecule has 96 valence electrons. The van der Waals surface area contributed by atoms with Crippen LogP contribution in [0.5, 0.6) is 0 Å². The minimum Gasteiger partial charge on any atom is -0.314 e. The zero-order valence-electron chi connectivity index (χ0n) is 9.68. The molecule has 2 fully saturated rings. The summed E-state index contributed by atoms with van der Waals surface area (Å²) in [6, 6.07) is 0.114. The maximum Gasteiger partial charge on any atom is 0.214 e. The molecule has 0 radical (unpaired) electrons. The van der Waals surface area contributed by atoms with E-state index in [1.165, 1.54) is 12.8 Å². The Hall–Kier alpha value is 0.160. The Morgan fingerprint density at radius 3 is 2.62 bits per heavy atom. The Morgan fingerprint density at radius 2 is 2.06 bits per heavy atom. The molecule has 0 aromatic heterocycles. The summed E-state index contributed by atoms with van der Waals surface area (Å²) in [6.45, 7) is 4.17. The Morgan fingerprint density at radius 1 is 1.38 bits per heavy atom. The van der Waals surface area contributed by atoms with Crippen LogP contribution >= 0.6 is 12.4 Å². The molecular weight excluding hydrogens is 248 g/mol. The summed E-state index contributed by atoms with van der Waals surface area (Å²) < 4.78 is 25.7. The molecule has 4 nitrogen and oxygen atoms in total. The minimum absolute atomic E-state index is 0. The summed E-state index contributed by atoms with van der Waals surface area (Å²) >= 11 is 0. The molecule has 1 aliphatic carbocycles. The van der Waals surface area contributed by atoms with E-state index in [2.05, 4.69) is 5.32 Å². The van der Waals surface area contributed by atoms with Crippen LogP contribution in [-0.2, 0) is 10.0 Å². The fourth-order valence-electron chi connectivity index (χ4n) is 2.08. The van der Waals surface area contributed by atoms with Crippen LogP contribution in [-0.4, -0.2) is 44.2 Å². The predicted molar refractivity (Wildman–Crippen MR) is 67.4 cm³/mol. The molecule has 2 rings (SSSR count). The maximum absolute atomic E-state index is 12.0. The second-order valence-electron chi connectivity index (χ2n) is 4.71. The molecule has 0 spiro atoms. The molecule has 0 amide bonds. The first-order chi connectivity index (χ1) is 7.09. The molecule has 1 unspecified atom stereocenters. The average Bonchev–Trinajstić information content (AvgIpc) is 2.99. The van der Waals surface area contributed by atoms with E-state index in [-0.39, 0.29) is 18.4 Å². The van der Waals surface area contributed by atoms with Gasteiger partial charge >= 0.3 is 0 Å². The molecule has 16 heavy (non-hydrogen) atoms. The van der Waals surface area contributed by atoms with Gasteiger partial charge in [0.15, 0.2) is 0 Å². The SMILES string of the molecule is CC1CNCCN1S(=O)(=O)CCC1CC1.Cl. The van der Waals surface area contributed by atoms with Gasteiger partial charge in [0.05, 0.1) is 5.75 Å². The molecular formula is C10H21ClN2O2S.